The van der Waals surface area contributed by atoms with Gasteiger partial charge >= 0.3 is 0 Å². The van der Waals surface area contributed by atoms with Crippen LogP contribution in [0.4, 0.5) is 0 Å². The molecule has 1 heteroatoms. The van der Waals surface area contributed by atoms with E-state index in [-0.39, 0.29) is 43.8 Å². The molecule has 0 aliphatic carbocycles. The van der Waals surface area contributed by atoms with Gasteiger partial charge in [-0.3, -0.25) is 0 Å². The monoisotopic (exact) mass is 517 g/mol. The minimum atomic E-state index is -0.931. The maximum absolute atomic E-state index is 9.49. The highest BCUT2D eigenvalue weighted by Gasteiger charge is 2.18. The normalized spacial score (nSPS) is 19.1. The molecule has 182 valence electrons. The molecular formula is C38H24O. The topological polar surface area (TPSA) is 13.1 Å². The van der Waals surface area contributed by atoms with E-state index in [1.165, 1.54) is 18.2 Å². The van der Waals surface area contributed by atoms with Gasteiger partial charge in [0.05, 0.1) is 28.8 Å². The van der Waals surface area contributed by atoms with Gasteiger partial charge in [0, 0.05) is 10.8 Å². The summed E-state index contributed by atoms with van der Waals surface area (Å²) in [6, 6.07) is -11.8. The van der Waals surface area contributed by atoms with Gasteiger partial charge in [-0.25, -0.2) is 0 Å². The second kappa shape index (κ2) is 8.72. The van der Waals surface area contributed by atoms with Crippen molar-refractivity contribution in [2.45, 2.75) is 0 Å². The summed E-state index contributed by atoms with van der Waals surface area (Å²) in [6.45, 7) is 0. The van der Waals surface area contributed by atoms with Crippen LogP contribution in [0, 0.1) is 0 Å². The number of fused-ring (bicyclic) bond motifs is 5. The highest BCUT2D eigenvalue weighted by atomic mass is 16.3. The standard InChI is InChI=1S/C38H24O/c1-2-11-25(12-3-1)26-13-10-14-27(23-26)37-31-16-4-6-18-33(31)38(34-19-7-5-17-32(34)37)28-21-22-30-29-15-8-9-20-35(29)39-36(30)24-28/h1-24H/i1D,2D,3D,4D,5D,6D,7D,8D,9D,10D,11D,12D,13D,14D,15D,16D,17D,18D,19D,20D,23D. The third kappa shape index (κ3) is 3.48. The van der Waals surface area contributed by atoms with Crippen LogP contribution in [0.1, 0.15) is 28.8 Å². The van der Waals surface area contributed by atoms with Gasteiger partial charge < -0.3 is 4.42 Å². The summed E-state index contributed by atoms with van der Waals surface area (Å²) in [6.07, 6.45) is 0. The Morgan fingerprint density at radius 1 is 0.385 bits per heavy atom. The first-order valence-electron chi connectivity index (χ1n) is 22.1. The Balaban J connectivity index is 1.65. The molecule has 8 rings (SSSR count). The predicted molar refractivity (Wildman–Crippen MR) is 165 cm³/mol. The van der Waals surface area contributed by atoms with Crippen LogP contribution in [0.5, 0.6) is 0 Å². The summed E-state index contributed by atoms with van der Waals surface area (Å²) in [5.41, 5.74) is -2.99. The number of hydrogen-bond acceptors (Lipinski definition) is 1. The van der Waals surface area contributed by atoms with E-state index in [4.69, 9.17) is 26.3 Å². The van der Waals surface area contributed by atoms with E-state index in [9.17, 15) is 6.85 Å². The molecule has 0 atom stereocenters. The van der Waals surface area contributed by atoms with Crippen molar-refractivity contribution < 1.29 is 33.2 Å². The minimum absolute atomic E-state index is 0.0171. The Kier molecular flexibility index (Phi) is 2.14. The van der Waals surface area contributed by atoms with Gasteiger partial charge in [0.15, 0.2) is 0 Å². The summed E-state index contributed by atoms with van der Waals surface area (Å²) in [5.74, 6) is 0. The molecule has 8 aromatic rings. The zero-order valence-electron chi connectivity index (χ0n) is 40.6. The zero-order chi connectivity index (χ0) is 44.0. The van der Waals surface area contributed by atoms with E-state index in [1.807, 2.05) is 0 Å². The van der Waals surface area contributed by atoms with Crippen LogP contribution in [-0.2, 0) is 0 Å². The molecule has 0 saturated heterocycles. The maximum Gasteiger partial charge on any atom is 0.136 e. The van der Waals surface area contributed by atoms with Crippen molar-refractivity contribution in [3.63, 3.8) is 0 Å². The molecule has 0 saturated carbocycles. The Morgan fingerprint density at radius 2 is 0.923 bits per heavy atom. The second-order valence-electron chi connectivity index (χ2n) is 8.52. The third-order valence-corrected chi connectivity index (χ3v) is 6.40. The molecule has 0 spiro atoms. The fourth-order valence-corrected chi connectivity index (χ4v) is 4.78. The van der Waals surface area contributed by atoms with Crippen LogP contribution in [0.25, 0.3) is 76.9 Å². The largest absolute Gasteiger partial charge is 0.456 e. The lowest BCUT2D eigenvalue weighted by molar-refractivity contribution is 0.669. The zero-order valence-corrected chi connectivity index (χ0v) is 19.6. The van der Waals surface area contributed by atoms with Crippen molar-refractivity contribution in [2.75, 3.05) is 0 Å². The highest BCUT2D eigenvalue weighted by Crippen LogP contribution is 2.45. The van der Waals surface area contributed by atoms with Crippen LogP contribution < -0.4 is 0 Å². The molecule has 0 unspecified atom stereocenters. The summed E-state index contributed by atoms with van der Waals surface area (Å²) in [4.78, 5) is 0. The molecule has 39 heavy (non-hydrogen) atoms. The smallest absolute Gasteiger partial charge is 0.136 e. The minimum Gasteiger partial charge on any atom is -0.456 e. The first-order valence-corrected chi connectivity index (χ1v) is 11.6. The highest BCUT2D eigenvalue weighted by molar-refractivity contribution is 6.22. The Bertz CT molecular complexity index is 3220. The molecule has 0 fully saturated rings. The number of furan rings is 1. The van der Waals surface area contributed by atoms with Gasteiger partial charge in [0.25, 0.3) is 0 Å². The van der Waals surface area contributed by atoms with Gasteiger partial charge in [-0.2, -0.15) is 0 Å². The van der Waals surface area contributed by atoms with Crippen LogP contribution in [0.15, 0.2) is 150 Å². The third-order valence-electron chi connectivity index (χ3n) is 6.40. The number of benzene rings is 7. The van der Waals surface area contributed by atoms with Gasteiger partial charge in [0.1, 0.15) is 11.2 Å². The van der Waals surface area contributed by atoms with E-state index in [2.05, 4.69) is 0 Å². The molecule has 7 aromatic carbocycles. The maximum atomic E-state index is 9.49. The summed E-state index contributed by atoms with van der Waals surface area (Å²) in [5, 5.41) is -1.45. The number of para-hydroxylation sites is 1. The van der Waals surface area contributed by atoms with Gasteiger partial charge in [-0.1, -0.05) is 121 Å². The van der Waals surface area contributed by atoms with Gasteiger partial charge in [-0.05, 0) is 79.1 Å². The SMILES string of the molecule is [2H]c1c([2H])c([2H])c(-c2c([2H])c([2H])c([2H])c(-c3c4c([2H])c([2H])c([2H])c([2H])c4c(-c4ccc5c(c4)oc4c([2H])c([2H])c([2H])c([2H])c45)c4c([2H])c([2H])c([2H])c([2H])c34)c2[2H])c([2H])c1[2H]. The van der Waals surface area contributed by atoms with E-state index in [0.29, 0.717) is 0 Å². The van der Waals surface area contributed by atoms with Crippen molar-refractivity contribution in [3.8, 4) is 33.4 Å². The average molecular weight is 518 g/mol. The van der Waals surface area contributed by atoms with Gasteiger partial charge in [0.2, 0.25) is 0 Å². The van der Waals surface area contributed by atoms with E-state index in [0.717, 1.165) is 0 Å². The molecule has 1 nitrogen and oxygen atoms in total. The Morgan fingerprint density at radius 3 is 1.62 bits per heavy atom. The molecular weight excluding hydrogens is 472 g/mol. The van der Waals surface area contributed by atoms with E-state index >= 15 is 0 Å². The van der Waals surface area contributed by atoms with E-state index < -0.39 is 160 Å². The summed E-state index contributed by atoms with van der Waals surface area (Å²) < 4.78 is 189. The fourth-order valence-electron chi connectivity index (χ4n) is 4.78. The molecule has 0 bridgehead atoms. The molecule has 0 N–H and O–H groups in total. The van der Waals surface area contributed by atoms with Crippen LogP contribution in [0.2, 0.25) is 0 Å². The Labute approximate surface area is 256 Å². The van der Waals surface area contributed by atoms with Gasteiger partial charge in [-0.15, -0.1) is 0 Å². The molecule has 0 radical (unpaired) electrons. The second-order valence-corrected chi connectivity index (χ2v) is 8.52. The lowest BCUT2D eigenvalue weighted by Gasteiger charge is -2.18. The Hall–Kier alpha value is -5.14. The molecule has 0 amide bonds. The van der Waals surface area contributed by atoms with Crippen LogP contribution >= 0.6 is 0 Å². The summed E-state index contributed by atoms with van der Waals surface area (Å²) >= 11 is 0. The van der Waals surface area contributed by atoms with Crippen molar-refractivity contribution in [1.82, 2.24) is 0 Å². The van der Waals surface area contributed by atoms with Crippen molar-refractivity contribution in [3.05, 3.63) is 145 Å². The quantitative estimate of drug-likeness (QED) is 0.212. The lowest BCUT2D eigenvalue weighted by atomic mass is 9.85. The summed E-state index contributed by atoms with van der Waals surface area (Å²) in [7, 11) is 0. The first kappa shape index (κ1) is 9.55. The van der Waals surface area contributed by atoms with Crippen molar-refractivity contribution in [2.24, 2.45) is 0 Å². The molecule has 1 heterocycles. The lowest BCUT2D eigenvalue weighted by Crippen LogP contribution is -1.91. The van der Waals surface area contributed by atoms with Crippen LogP contribution in [-0.4, -0.2) is 0 Å². The average Bonchev–Trinajstić information content (AvgIpc) is 3.62. The van der Waals surface area contributed by atoms with Crippen molar-refractivity contribution >= 4 is 43.5 Å². The van der Waals surface area contributed by atoms with E-state index in [1.54, 1.807) is 0 Å². The number of hydrogen-bond donors (Lipinski definition) is 0. The first-order chi connectivity index (χ1) is 28.1. The predicted octanol–water partition coefficient (Wildman–Crippen LogP) is 10.9. The fraction of sp³-hybridized carbons (Fsp3) is 0. The molecule has 1 aromatic heterocycles. The van der Waals surface area contributed by atoms with Crippen molar-refractivity contribution in [1.29, 1.82) is 0 Å². The molecule has 0 aliphatic heterocycles. The molecule has 0 aliphatic rings. The number of rotatable bonds is 3. The van der Waals surface area contributed by atoms with Crippen LogP contribution in [0.3, 0.4) is 0 Å².